The third kappa shape index (κ3) is 4.41. The molecule has 0 spiro atoms. The molecule has 0 saturated carbocycles. The van der Waals surface area contributed by atoms with Gasteiger partial charge in [0, 0.05) is 32.2 Å². The molecule has 2 heterocycles. The number of hydrogen-bond donors (Lipinski definition) is 1. The number of nitrogens with zero attached hydrogens (tertiary/aromatic N) is 3. The number of piperazine rings is 1. The van der Waals surface area contributed by atoms with Crippen molar-refractivity contribution in [3.63, 3.8) is 0 Å². The zero-order valence-electron chi connectivity index (χ0n) is 15.4. The van der Waals surface area contributed by atoms with Gasteiger partial charge in [-0.1, -0.05) is 49.7 Å². The van der Waals surface area contributed by atoms with Crippen LogP contribution >= 0.6 is 11.6 Å². The molecule has 1 aliphatic rings. The molecule has 0 unspecified atom stereocenters. The van der Waals surface area contributed by atoms with E-state index < -0.39 is 0 Å². The quantitative estimate of drug-likeness (QED) is 0.905. The Morgan fingerprint density at radius 2 is 1.80 bits per heavy atom. The molecule has 1 saturated heterocycles. The molecule has 1 N–H and O–H groups in total. The van der Waals surface area contributed by atoms with Crippen LogP contribution in [0.5, 0.6) is 0 Å². The van der Waals surface area contributed by atoms with Gasteiger partial charge in [-0.3, -0.25) is 9.69 Å². The summed E-state index contributed by atoms with van der Waals surface area (Å²) < 4.78 is 0. The second-order valence-electron chi connectivity index (χ2n) is 5.95. The van der Waals surface area contributed by atoms with Gasteiger partial charge in [0.05, 0.1) is 11.9 Å². The molecule has 0 aliphatic carbocycles. The lowest BCUT2D eigenvalue weighted by Gasteiger charge is -2.39. The molecule has 0 amide bonds. The zero-order chi connectivity index (χ0) is 18.4. The average molecular weight is 363 g/mol. The van der Waals surface area contributed by atoms with Crippen molar-refractivity contribution in [2.45, 2.75) is 33.7 Å². The first kappa shape index (κ1) is 19.5. The lowest BCUT2D eigenvalue weighted by Crippen LogP contribution is -2.47. The van der Waals surface area contributed by atoms with Gasteiger partial charge in [0.1, 0.15) is 5.02 Å². The van der Waals surface area contributed by atoms with Crippen molar-refractivity contribution in [3.8, 4) is 0 Å². The van der Waals surface area contributed by atoms with Crippen LogP contribution in [0.25, 0.3) is 0 Å². The van der Waals surface area contributed by atoms with Gasteiger partial charge in [-0.2, -0.15) is 5.10 Å². The summed E-state index contributed by atoms with van der Waals surface area (Å²) in [6.07, 6.45) is 1.63. The second kappa shape index (κ2) is 9.02. The van der Waals surface area contributed by atoms with Gasteiger partial charge in [0.25, 0.3) is 5.56 Å². The highest BCUT2D eigenvalue weighted by Gasteiger charge is 2.24. The van der Waals surface area contributed by atoms with Crippen molar-refractivity contribution in [3.05, 3.63) is 57.0 Å². The monoisotopic (exact) mass is 362 g/mol. The molecule has 1 aromatic carbocycles. The minimum Gasteiger partial charge on any atom is -0.366 e. The van der Waals surface area contributed by atoms with E-state index in [4.69, 9.17) is 11.6 Å². The van der Waals surface area contributed by atoms with E-state index in [2.05, 4.69) is 58.1 Å². The highest BCUT2D eigenvalue weighted by Crippen LogP contribution is 2.27. The number of nitrogens with one attached hydrogen (secondary N) is 1. The number of aromatic nitrogens is 2. The fourth-order valence-electron chi connectivity index (χ4n) is 3.20. The maximum atomic E-state index is 11.6. The van der Waals surface area contributed by atoms with E-state index in [1.807, 2.05) is 13.8 Å². The van der Waals surface area contributed by atoms with Crippen molar-refractivity contribution in [1.29, 1.82) is 0 Å². The molecule has 0 radical (unpaired) electrons. The first-order valence-electron chi connectivity index (χ1n) is 8.85. The van der Waals surface area contributed by atoms with Crippen molar-refractivity contribution in [2.24, 2.45) is 0 Å². The summed E-state index contributed by atoms with van der Waals surface area (Å²) in [5.74, 6) is 0. The topological polar surface area (TPSA) is 52.2 Å². The number of aryl methyl sites for hydroxylation is 1. The Bertz CT molecular complexity index is 738. The predicted octanol–water partition coefficient (Wildman–Crippen LogP) is 3.64. The highest BCUT2D eigenvalue weighted by atomic mass is 35.5. The Balaban J connectivity index is 0.00000109. The smallest absolute Gasteiger partial charge is 0.285 e. The van der Waals surface area contributed by atoms with E-state index in [1.165, 1.54) is 11.1 Å². The van der Waals surface area contributed by atoms with E-state index in [9.17, 15) is 4.79 Å². The largest absolute Gasteiger partial charge is 0.366 e. The van der Waals surface area contributed by atoms with E-state index in [1.54, 1.807) is 6.20 Å². The molecule has 0 bridgehead atoms. The standard InChI is InChI=1S/C17H21ClN4O.C2H6/c1-12-5-3-4-6-14(12)13(2)21-7-9-22(10-8-21)15-11-19-20-17(23)16(15)18;1-2/h3-6,11,13H,7-10H2,1-2H3,(H,20,23);1-2H3/t13-;/m1./s1. The van der Waals surface area contributed by atoms with Crippen LogP contribution in [0.4, 0.5) is 5.69 Å². The number of hydrogen-bond acceptors (Lipinski definition) is 4. The normalized spacial score (nSPS) is 16.1. The molecular formula is C19H27ClN4O. The van der Waals surface area contributed by atoms with Crippen LogP contribution in [0.1, 0.15) is 37.9 Å². The Hall–Kier alpha value is -1.85. The number of anilines is 1. The predicted molar refractivity (Wildman–Crippen MR) is 105 cm³/mol. The molecule has 1 aliphatic heterocycles. The Morgan fingerprint density at radius 1 is 1.16 bits per heavy atom. The lowest BCUT2D eigenvalue weighted by atomic mass is 10.0. The van der Waals surface area contributed by atoms with Crippen LogP contribution in [0.2, 0.25) is 5.02 Å². The fraction of sp³-hybridized carbons (Fsp3) is 0.474. The van der Waals surface area contributed by atoms with Gasteiger partial charge < -0.3 is 4.90 Å². The third-order valence-electron chi connectivity index (χ3n) is 4.62. The lowest BCUT2D eigenvalue weighted by molar-refractivity contribution is 0.198. The van der Waals surface area contributed by atoms with Crippen molar-refractivity contribution < 1.29 is 0 Å². The molecule has 25 heavy (non-hydrogen) atoms. The average Bonchev–Trinajstić information content (AvgIpc) is 2.66. The molecule has 1 aromatic heterocycles. The number of halogens is 1. The summed E-state index contributed by atoms with van der Waals surface area (Å²) in [7, 11) is 0. The number of rotatable bonds is 3. The molecule has 6 heteroatoms. The van der Waals surface area contributed by atoms with Crippen LogP contribution in [0.3, 0.4) is 0 Å². The second-order valence-corrected chi connectivity index (χ2v) is 6.33. The summed E-state index contributed by atoms with van der Waals surface area (Å²) in [5.41, 5.74) is 3.08. The van der Waals surface area contributed by atoms with E-state index in [0.29, 0.717) is 6.04 Å². The molecule has 1 atom stereocenters. The van der Waals surface area contributed by atoms with Gasteiger partial charge in [-0.05, 0) is 25.0 Å². The third-order valence-corrected chi connectivity index (χ3v) is 4.98. The van der Waals surface area contributed by atoms with Crippen LogP contribution in [-0.2, 0) is 0 Å². The molecule has 136 valence electrons. The van der Waals surface area contributed by atoms with Gasteiger partial charge >= 0.3 is 0 Å². The molecule has 5 nitrogen and oxygen atoms in total. The fourth-order valence-corrected chi connectivity index (χ4v) is 3.41. The van der Waals surface area contributed by atoms with Gasteiger partial charge in [-0.25, -0.2) is 5.10 Å². The molecule has 2 aromatic rings. The molecule has 1 fully saturated rings. The van der Waals surface area contributed by atoms with E-state index in [0.717, 1.165) is 31.9 Å². The number of benzene rings is 1. The molecule has 3 rings (SSSR count). The van der Waals surface area contributed by atoms with Gasteiger partial charge in [-0.15, -0.1) is 0 Å². The van der Waals surface area contributed by atoms with Gasteiger partial charge in [0.2, 0.25) is 0 Å². The zero-order valence-corrected chi connectivity index (χ0v) is 16.2. The first-order chi connectivity index (χ1) is 12.1. The van der Waals surface area contributed by atoms with Crippen molar-refractivity contribution in [1.82, 2.24) is 15.1 Å². The highest BCUT2D eigenvalue weighted by molar-refractivity contribution is 6.32. The van der Waals surface area contributed by atoms with Crippen LogP contribution in [-0.4, -0.2) is 41.3 Å². The van der Waals surface area contributed by atoms with Crippen molar-refractivity contribution in [2.75, 3.05) is 31.1 Å². The molecular weight excluding hydrogens is 336 g/mol. The maximum absolute atomic E-state index is 11.6. The summed E-state index contributed by atoms with van der Waals surface area (Å²) >= 11 is 6.10. The van der Waals surface area contributed by atoms with Crippen LogP contribution in [0.15, 0.2) is 35.3 Å². The van der Waals surface area contributed by atoms with Crippen LogP contribution < -0.4 is 10.5 Å². The summed E-state index contributed by atoms with van der Waals surface area (Å²) in [6.45, 7) is 11.9. The minimum absolute atomic E-state index is 0.223. The maximum Gasteiger partial charge on any atom is 0.285 e. The summed E-state index contributed by atoms with van der Waals surface area (Å²) in [5, 5.41) is 6.44. The Morgan fingerprint density at radius 3 is 2.44 bits per heavy atom. The SMILES string of the molecule is CC.Cc1ccccc1[C@@H](C)N1CCN(c2cn[nH]c(=O)c2Cl)CC1. The van der Waals surface area contributed by atoms with Crippen LogP contribution in [0, 0.1) is 6.92 Å². The number of H-pyrrole nitrogens is 1. The number of aromatic amines is 1. The Kier molecular flexibility index (Phi) is 7.02. The van der Waals surface area contributed by atoms with Gasteiger partial charge in [0.15, 0.2) is 0 Å². The minimum atomic E-state index is -0.333. The Labute approximate surface area is 154 Å². The summed E-state index contributed by atoms with van der Waals surface area (Å²) in [4.78, 5) is 16.2. The van der Waals surface area contributed by atoms with E-state index in [-0.39, 0.29) is 10.6 Å². The van der Waals surface area contributed by atoms with E-state index >= 15 is 0 Å². The van der Waals surface area contributed by atoms with Crippen molar-refractivity contribution >= 4 is 17.3 Å². The summed E-state index contributed by atoms with van der Waals surface area (Å²) in [6, 6.07) is 8.90. The first-order valence-corrected chi connectivity index (χ1v) is 9.23.